The standard InChI is InChI=1S/C32H54N4O3/c1-5-6-22-36(24-13-9-18-29(36)32(38)34-30-26(2)15-14-16-27(30)3)23-12-7-10-20-35-21-11-8-17-28(35)31(37)33-19-25-39-4/h14-16,28-29H,5-13,17-25H2,1-4H3,(H-,33,34,37,38)/p+1. The number of nitrogens with zero attached hydrogens (tertiary/aromatic N) is 2. The van der Waals surface area contributed by atoms with Crippen LogP contribution in [0.25, 0.3) is 0 Å². The van der Waals surface area contributed by atoms with Crippen LogP contribution in [0.4, 0.5) is 5.69 Å². The SMILES string of the molecule is CCCC[N+]1(CCCCCN2CCCCC2C(=O)NCCOC)CCCCC1C(=O)Nc1c(C)cccc1C. The number of quaternary nitrogens is 1. The number of nitrogens with one attached hydrogen (secondary N) is 2. The van der Waals surface area contributed by atoms with Crippen molar-refractivity contribution in [3.05, 3.63) is 29.3 Å². The van der Waals surface area contributed by atoms with Crippen molar-refractivity contribution in [3.63, 3.8) is 0 Å². The number of anilines is 1. The van der Waals surface area contributed by atoms with E-state index in [1.807, 2.05) is 0 Å². The lowest BCUT2D eigenvalue weighted by molar-refractivity contribution is -0.947. The highest BCUT2D eigenvalue weighted by Gasteiger charge is 2.43. The minimum absolute atomic E-state index is 0.00129. The largest absolute Gasteiger partial charge is 0.383 e. The molecule has 0 saturated carbocycles. The van der Waals surface area contributed by atoms with Crippen LogP contribution in [0.1, 0.15) is 88.7 Å². The number of piperidine rings is 2. The molecule has 220 valence electrons. The Hall–Kier alpha value is -1.96. The molecule has 2 amide bonds. The van der Waals surface area contributed by atoms with Crippen LogP contribution in [-0.2, 0) is 14.3 Å². The molecular weight excluding hydrogens is 488 g/mol. The molecule has 7 heteroatoms. The van der Waals surface area contributed by atoms with Crippen molar-refractivity contribution in [2.45, 2.75) is 103 Å². The number of aryl methyl sites for hydroxylation is 2. The summed E-state index contributed by atoms with van der Waals surface area (Å²) in [4.78, 5) is 28.9. The van der Waals surface area contributed by atoms with Crippen LogP contribution in [0.15, 0.2) is 18.2 Å². The van der Waals surface area contributed by atoms with Crippen molar-refractivity contribution in [2.24, 2.45) is 0 Å². The number of para-hydroxylation sites is 1. The van der Waals surface area contributed by atoms with Crippen LogP contribution < -0.4 is 10.6 Å². The smallest absolute Gasteiger partial charge is 0.282 e. The summed E-state index contributed by atoms with van der Waals surface area (Å²) >= 11 is 0. The van der Waals surface area contributed by atoms with Gasteiger partial charge in [-0.05, 0) is 89.4 Å². The number of unbranched alkanes of at least 4 members (excludes halogenated alkanes) is 3. The molecule has 0 bridgehead atoms. The number of benzene rings is 1. The first-order valence-electron chi connectivity index (χ1n) is 15.7. The Balaban J connectivity index is 1.57. The number of carbonyl (C=O) groups is 2. The van der Waals surface area contributed by atoms with Crippen molar-refractivity contribution in [1.29, 1.82) is 0 Å². The Kier molecular flexibility index (Phi) is 13.2. The Labute approximate surface area is 237 Å². The van der Waals surface area contributed by atoms with E-state index in [4.69, 9.17) is 4.74 Å². The number of hydrogen-bond donors (Lipinski definition) is 2. The third kappa shape index (κ3) is 9.02. The Bertz CT molecular complexity index is 887. The molecule has 1 aromatic carbocycles. The average Bonchev–Trinajstić information content (AvgIpc) is 2.94. The molecule has 2 N–H and O–H groups in total. The van der Waals surface area contributed by atoms with Crippen LogP contribution in [0.2, 0.25) is 0 Å². The lowest BCUT2D eigenvalue weighted by Crippen LogP contribution is -2.63. The molecule has 0 aliphatic carbocycles. The number of hydrogen-bond acceptors (Lipinski definition) is 4. The van der Waals surface area contributed by atoms with E-state index in [1.54, 1.807) is 7.11 Å². The van der Waals surface area contributed by atoms with Gasteiger partial charge in [0.15, 0.2) is 6.04 Å². The van der Waals surface area contributed by atoms with E-state index < -0.39 is 0 Å². The van der Waals surface area contributed by atoms with Crippen LogP contribution in [0, 0.1) is 13.8 Å². The normalized spacial score (nSPS) is 23.9. The summed E-state index contributed by atoms with van der Waals surface area (Å²) in [5, 5.41) is 6.40. The molecule has 2 aliphatic rings. The molecule has 0 aromatic heterocycles. The summed E-state index contributed by atoms with van der Waals surface area (Å²) < 4.78 is 6.03. The Morgan fingerprint density at radius 2 is 1.72 bits per heavy atom. The van der Waals surface area contributed by atoms with Crippen molar-refractivity contribution in [2.75, 3.05) is 58.3 Å². The van der Waals surface area contributed by atoms with Crippen molar-refractivity contribution in [3.8, 4) is 0 Å². The average molecular weight is 544 g/mol. The van der Waals surface area contributed by atoms with Gasteiger partial charge in [-0.3, -0.25) is 14.5 Å². The molecule has 7 nitrogen and oxygen atoms in total. The fourth-order valence-corrected chi connectivity index (χ4v) is 6.78. The quantitative estimate of drug-likeness (QED) is 0.236. The maximum atomic E-state index is 13.8. The van der Waals surface area contributed by atoms with E-state index in [1.165, 1.54) is 19.3 Å². The summed E-state index contributed by atoms with van der Waals surface area (Å²) in [5.41, 5.74) is 3.26. The van der Waals surface area contributed by atoms with Crippen LogP contribution in [0.5, 0.6) is 0 Å². The first-order valence-corrected chi connectivity index (χ1v) is 15.7. The van der Waals surface area contributed by atoms with E-state index in [-0.39, 0.29) is 23.9 Å². The van der Waals surface area contributed by atoms with E-state index >= 15 is 0 Å². The zero-order valence-electron chi connectivity index (χ0n) is 25.2. The molecule has 2 saturated heterocycles. The van der Waals surface area contributed by atoms with Crippen molar-refractivity contribution < 1.29 is 18.8 Å². The van der Waals surface area contributed by atoms with Crippen molar-refractivity contribution in [1.82, 2.24) is 10.2 Å². The third-order valence-electron chi connectivity index (χ3n) is 9.05. The molecule has 3 rings (SSSR count). The summed E-state index contributed by atoms with van der Waals surface area (Å²) in [6.45, 7) is 12.8. The van der Waals surface area contributed by atoms with Crippen LogP contribution in [-0.4, -0.2) is 86.3 Å². The summed E-state index contributed by atoms with van der Waals surface area (Å²) in [6.07, 6.45) is 12.3. The van der Waals surface area contributed by atoms with E-state index in [2.05, 4.69) is 54.5 Å². The molecular formula is C32H55N4O3+. The van der Waals surface area contributed by atoms with Gasteiger partial charge in [0.1, 0.15) is 0 Å². The molecule has 2 fully saturated rings. The number of carbonyl (C=O) groups excluding carboxylic acids is 2. The Morgan fingerprint density at radius 1 is 0.974 bits per heavy atom. The van der Waals surface area contributed by atoms with Gasteiger partial charge in [-0.2, -0.15) is 0 Å². The monoisotopic (exact) mass is 543 g/mol. The molecule has 3 atom stereocenters. The minimum atomic E-state index is -0.00129. The highest BCUT2D eigenvalue weighted by molar-refractivity contribution is 5.95. The summed E-state index contributed by atoms with van der Waals surface area (Å²) in [5.74, 6) is 0.362. The molecule has 3 unspecified atom stereocenters. The summed E-state index contributed by atoms with van der Waals surface area (Å²) in [6, 6.07) is 6.25. The second-order valence-electron chi connectivity index (χ2n) is 11.9. The molecule has 39 heavy (non-hydrogen) atoms. The highest BCUT2D eigenvalue weighted by Crippen LogP contribution is 2.30. The predicted molar refractivity (Wildman–Crippen MR) is 160 cm³/mol. The van der Waals surface area contributed by atoms with Gasteiger partial charge in [0.2, 0.25) is 5.91 Å². The first kappa shape index (κ1) is 31.6. The van der Waals surface area contributed by atoms with Gasteiger partial charge in [0.05, 0.1) is 32.3 Å². The van der Waals surface area contributed by atoms with Crippen LogP contribution >= 0.6 is 0 Å². The van der Waals surface area contributed by atoms with E-state index in [0.29, 0.717) is 13.2 Å². The van der Waals surface area contributed by atoms with Gasteiger partial charge >= 0.3 is 0 Å². The lowest BCUT2D eigenvalue weighted by Gasteiger charge is -2.47. The summed E-state index contributed by atoms with van der Waals surface area (Å²) in [7, 11) is 1.66. The number of methoxy groups -OCH3 is 1. The Morgan fingerprint density at radius 3 is 2.46 bits per heavy atom. The second-order valence-corrected chi connectivity index (χ2v) is 11.9. The van der Waals surface area contributed by atoms with Gasteiger partial charge in [0, 0.05) is 25.8 Å². The maximum absolute atomic E-state index is 13.8. The second kappa shape index (κ2) is 16.3. The third-order valence-corrected chi connectivity index (χ3v) is 9.05. The highest BCUT2D eigenvalue weighted by atomic mass is 16.5. The molecule has 0 spiro atoms. The lowest BCUT2D eigenvalue weighted by atomic mass is 9.95. The number of rotatable bonds is 15. The molecule has 2 heterocycles. The molecule has 1 aromatic rings. The van der Waals surface area contributed by atoms with Crippen molar-refractivity contribution >= 4 is 17.5 Å². The number of ether oxygens (including phenoxy) is 1. The molecule has 0 radical (unpaired) electrons. The van der Waals surface area contributed by atoms with Gasteiger partial charge < -0.3 is 19.9 Å². The predicted octanol–water partition coefficient (Wildman–Crippen LogP) is 5.20. The number of likely N-dealkylation sites (tertiary alicyclic amines) is 2. The zero-order valence-corrected chi connectivity index (χ0v) is 25.2. The van der Waals surface area contributed by atoms with Gasteiger partial charge in [-0.1, -0.05) is 38.0 Å². The van der Waals surface area contributed by atoms with Gasteiger partial charge in [0.25, 0.3) is 5.91 Å². The zero-order chi connectivity index (χ0) is 28.1. The fraction of sp³-hybridized carbons (Fsp3) is 0.750. The topological polar surface area (TPSA) is 70.7 Å². The van der Waals surface area contributed by atoms with Gasteiger partial charge in [-0.15, -0.1) is 0 Å². The molecule has 2 aliphatic heterocycles. The van der Waals surface area contributed by atoms with Crippen LogP contribution in [0.3, 0.4) is 0 Å². The van der Waals surface area contributed by atoms with E-state index in [9.17, 15) is 9.59 Å². The maximum Gasteiger partial charge on any atom is 0.282 e. The van der Waals surface area contributed by atoms with Gasteiger partial charge in [-0.25, -0.2) is 0 Å². The minimum Gasteiger partial charge on any atom is -0.383 e. The first-order chi connectivity index (χ1) is 18.9. The fourth-order valence-electron chi connectivity index (χ4n) is 6.78. The number of amides is 2. The van der Waals surface area contributed by atoms with E-state index in [0.717, 1.165) is 105 Å².